The fraction of sp³-hybridized carbons (Fsp3) is 0.750. The molecular formula is C16H27N3S. The second kappa shape index (κ2) is 7.99. The third-order valence-electron chi connectivity index (χ3n) is 3.86. The second-order valence-electron chi connectivity index (χ2n) is 5.59. The van der Waals surface area contributed by atoms with E-state index in [-0.39, 0.29) is 0 Å². The quantitative estimate of drug-likeness (QED) is 0.780. The van der Waals surface area contributed by atoms with Crippen molar-refractivity contribution in [2.24, 2.45) is 0 Å². The van der Waals surface area contributed by atoms with E-state index < -0.39 is 0 Å². The van der Waals surface area contributed by atoms with E-state index in [1.807, 2.05) is 11.8 Å². The number of thioether (sulfide) groups is 1. The Balaban J connectivity index is 1.95. The lowest BCUT2D eigenvalue weighted by Gasteiger charge is -2.14. The Hall–Kier alpha value is -0.610. The Morgan fingerprint density at radius 1 is 1.20 bits per heavy atom. The smallest absolute Gasteiger partial charge is 0.141 e. The minimum Gasteiger partial charge on any atom is -0.317 e. The summed E-state index contributed by atoms with van der Waals surface area (Å²) in [4.78, 5) is 9.56. The molecule has 4 heteroatoms. The van der Waals surface area contributed by atoms with Crippen molar-refractivity contribution in [2.45, 2.75) is 58.1 Å². The number of nitrogens with one attached hydrogen (secondary N) is 1. The highest BCUT2D eigenvalue weighted by Gasteiger charge is 2.21. The van der Waals surface area contributed by atoms with Gasteiger partial charge in [0.15, 0.2) is 0 Å². The summed E-state index contributed by atoms with van der Waals surface area (Å²) in [5.41, 5.74) is 3.74. The summed E-state index contributed by atoms with van der Waals surface area (Å²) >= 11 is 2.01. The standard InChI is InChI=1S/C16H27N3S/c1-4-9-17-10-5-7-14-12(2)18-16(19-13(14)3)15-8-6-11-20-15/h15,17H,4-11H2,1-3H3. The molecule has 1 aliphatic rings. The van der Waals surface area contributed by atoms with Crippen LogP contribution in [0.15, 0.2) is 0 Å². The first kappa shape index (κ1) is 15.8. The molecule has 2 heterocycles. The van der Waals surface area contributed by atoms with E-state index in [4.69, 9.17) is 9.97 Å². The van der Waals surface area contributed by atoms with Crippen molar-refractivity contribution in [3.63, 3.8) is 0 Å². The molecule has 2 rings (SSSR count). The van der Waals surface area contributed by atoms with Crippen LogP contribution in [0.1, 0.15) is 60.6 Å². The minimum atomic E-state index is 0.535. The summed E-state index contributed by atoms with van der Waals surface area (Å²) in [5.74, 6) is 2.33. The van der Waals surface area contributed by atoms with Gasteiger partial charge in [0.25, 0.3) is 0 Å². The van der Waals surface area contributed by atoms with Crippen LogP contribution in [0.5, 0.6) is 0 Å². The summed E-state index contributed by atoms with van der Waals surface area (Å²) < 4.78 is 0. The Morgan fingerprint density at radius 3 is 2.55 bits per heavy atom. The zero-order chi connectivity index (χ0) is 14.4. The summed E-state index contributed by atoms with van der Waals surface area (Å²) in [6.07, 6.45) is 6.01. The topological polar surface area (TPSA) is 37.8 Å². The van der Waals surface area contributed by atoms with Gasteiger partial charge in [-0.15, -0.1) is 0 Å². The van der Waals surface area contributed by atoms with Crippen molar-refractivity contribution >= 4 is 11.8 Å². The molecule has 0 spiro atoms. The number of nitrogens with zero attached hydrogens (tertiary/aromatic N) is 2. The van der Waals surface area contributed by atoms with Gasteiger partial charge < -0.3 is 5.32 Å². The van der Waals surface area contributed by atoms with Crippen LogP contribution >= 0.6 is 11.8 Å². The predicted octanol–water partition coefficient (Wildman–Crippen LogP) is 3.59. The van der Waals surface area contributed by atoms with Crippen molar-refractivity contribution in [3.8, 4) is 0 Å². The van der Waals surface area contributed by atoms with Gasteiger partial charge in [-0.2, -0.15) is 11.8 Å². The highest BCUT2D eigenvalue weighted by Crippen LogP contribution is 2.38. The number of rotatable bonds is 7. The van der Waals surface area contributed by atoms with Gasteiger partial charge in [-0.25, -0.2) is 9.97 Å². The van der Waals surface area contributed by atoms with Crippen LogP contribution in [-0.2, 0) is 6.42 Å². The van der Waals surface area contributed by atoms with Crippen LogP contribution < -0.4 is 5.32 Å². The van der Waals surface area contributed by atoms with Crippen molar-refractivity contribution in [2.75, 3.05) is 18.8 Å². The monoisotopic (exact) mass is 293 g/mol. The van der Waals surface area contributed by atoms with Crippen LogP contribution in [-0.4, -0.2) is 28.8 Å². The van der Waals surface area contributed by atoms with Crippen molar-refractivity contribution in [1.82, 2.24) is 15.3 Å². The zero-order valence-electron chi connectivity index (χ0n) is 13.0. The summed E-state index contributed by atoms with van der Waals surface area (Å²) in [6, 6.07) is 0. The van der Waals surface area contributed by atoms with Crippen LogP contribution in [0.4, 0.5) is 0 Å². The molecule has 1 atom stereocenters. The Labute approximate surface area is 127 Å². The van der Waals surface area contributed by atoms with E-state index >= 15 is 0 Å². The highest BCUT2D eigenvalue weighted by molar-refractivity contribution is 7.99. The lowest BCUT2D eigenvalue weighted by molar-refractivity contribution is 0.635. The van der Waals surface area contributed by atoms with E-state index in [0.717, 1.165) is 25.3 Å². The third kappa shape index (κ3) is 4.19. The van der Waals surface area contributed by atoms with Crippen molar-refractivity contribution < 1.29 is 0 Å². The normalized spacial score (nSPS) is 18.6. The van der Waals surface area contributed by atoms with Crippen LogP contribution in [0.25, 0.3) is 0 Å². The first-order valence-electron chi connectivity index (χ1n) is 7.88. The van der Waals surface area contributed by atoms with Gasteiger partial charge in [-0.3, -0.25) is 0 Å². The average molecular weight is 293 g/mol. The van der Waals surface area contributed by atoms with Gasteiger partial charge in [0.2, 0.25) is 0 Å². The molecule has 3 nitrogen and oxygen atoms in total. The third-order valence-corrected chi connectivity index (χ3v) is 5.24. The van der Waals surface area contributed by atoms with Crippen molar-refractivity contribution in [3.05, 3.63) is 22.8 Å². The summed E-state index contributed by atoms with van der Waals surface area (Å²) in [7, 11) is 0. The number of hydrogen-bond donors (Lipinski definition) is 1. The first-order chi connectivity index (χ1) is 9.72. The molecule has 1 fully saturated rings. The lowest BCUT2D eigenvalue weighted by atomic mass is 10.1. The van der Waals surface area contributed by atoms with Gasteiger partial charge in [0.1, 0.15) is 5.82 Å². The highest BCUT2D eigenvalue weighted by atomic mass is 32.2. The Bertz CT molecular complexity index is 405. The first-order valence-corrected chi connectivity index (χ1v) is 8.93. The Morgan fingerprint density at radius 2 is 1.95 bits per heavy atom. The summed E-state index contributed by atoms with van der Waals surface area (Å²) in [5, 5.41) is 3.99. The molecule has 1 saturated heterocycles. The van der Waals surface area contributed by atoms with Crippen LogP contribution in [0.3, 0.4) is 0 Å². The largest absolute Gasteiger partial charge is 0.317 e. The SMILES string of the molecule is CCCNCCCc1c(C)nc(C2CCCS2)nc1C. The maximum Gasteiger partial charge on any atom is 0.141 e. The van der Waals surface area contributed by atoms with E-state index in [1.165, 1.54) is 48.4 Å². The fourth-order valence-corrected chi connectivity index (χ4v) is 3.95. The molecule has 20 heavy (non-hydrogen) atoms. The van der Waals surface area contributed by atoms with E-state index in [1.54, 1.807) is 0 Å². The molecule has 0 saturated carbocycles. The van der Waals surface area contributed by atoms with E-state index in [9.17, 15) is 0 Å². The number of aromatic nitrogens is 2. The molecule has 0 amide bonds. The average Bonchev–Trinajstić information content (AvgIpc) is 2.95. The molecule has 0 aliphatic carbocycles. The molecule has 0 aromatic carbocycles. The molecule has 112 valence electrons. The van der Waals surface area contributed by atoms with Crippen LogP contribution in [0, 0.1) is 13.8 Å². The lowest BCUT2D eigenvalue weighted by Crippen LogP contribution is -2.17. The molecule has 1 aromatic heterocycles. The number of hydrogen-bond acceptors (Lipinski definition) is 4. The van der Waals surface area contributed by atoms with E-state index in [2.05, 4.69) is 26.1 Å². The Kier molecular flexibility index (Phi) is 6.30. The van der Waals surface area contributed by atoms with Gasteiger partial charge >= 0.3 is 0 Å². The molecule has 1 aromatic rings. The van der Waals surface area contributed by atoms with E-state index in [0.29, 0.717) is 5.25 Å². The van der Waals surface area contributed by atoms with Gasteiger partial charge in [-0.05, 0) is 70.4 Å². The number of aryl methyl sites for hydroxylation is 2. The molecule has 1 aliphatic heterocycles. The molecule has 0 bridgehead atoms. The maximum absolute atomic E-state index is 4.78. The fourth-order valence-electron chi connectivity index (χ4n) is 2.74. The van der Waals surface area contributed by atoms with Crippen LogP contribution in [0.2, 0.25) is 0 Å². The van der Waals surface area contributed by atoms with Gasteiger partial charge in [0.05, 0.1) is 5.25 Å². The predicted molar refractivity (Wildman–Crippen MR) is 87.4 cm³/mol. The second-order valence-corrected chi connectivity index (χ2v) is 6.90. The minimum absolute atomic E-state index is 0.535. The summed E-state index contributed by atoms with van der Waals surface area (Å²) in [6.45, 7) is 8.70. The zero-order valence-corrected chi connectivity index (χ0v) is 13.9. The van der Waals surface area contributed by atoms with Gasteiger partial charge in [-0.1, -0.05) is 6.92 Å². The molecule has 0 radical (unpaired) electrons. The molecular weight excluding hydrogens is 266 g/mol. The molecule has 1 N–H and O–H groups in total. The van der Waals surface area contributed by atoms with Crippen molar-refractivity contribution in [1.29, 1.82) is 0 Å². The molecule has 1 unspecified atom stereocenters. The maximum atomic E-state index is 4.78. The van der Waals surface area contributed by atoms with Gasteiger partial charge in [0, 0.05) is 11.4 Å².